The van der Waals surface area contributed by atoms with Crippen molar-refractivity contribution < 1.29 is 9.21 Å². The number of carbonyl (C=O) groups excluding carboxylic acids is 1. The first-order valence-corrected chi connectivity index (χ1v) is 10.9. The van der Waals surface area contributed by atoms with E-state index in [1.54, 1.807) is 6.07 Å². The number of rotatable bonds is 5. The van der Waals surface area contributed by atoms with Crippen LogP contribution in [0.1, 0.15) is 40.6 Å². The van der Waals surface area contributed by atoms with Crippen molar-refractivity contribution in [2.45, 2.75) is 26.3 Å². The zero-order valence-electron chi connectivity index (χ0n) is 16.6. The van der Waals surface area contributed by atoms with Crippen LogP contribution in [0.2, 0.25) is 0 Å². The molecular weight excluding hydrogens is 414 g/mol. The smallest absolute Gasteiger partial charge is 0.267 e. The molecule has 5 nitrogen and oxygen atoms in total. The minimum Gasteiger partial charge on any atom is -0.436 e. The lowest BCUT2D eigenvalue weighted by Gasteiger charge is -2.09. The van der Waals surface area contributed by atoms with Crippen LogP contribution in [0.15, 0.2) is 64.4 Å². The van der Waals surface area contributed by atoms with Crippen LogP contribution < -0.4 is 10.6 Å². The molecule has 0 saturated heterocycles. The number of benzene rings is 2. The molecule has 4 rings (SSSR count). The summed E-state index contributed by atoms with van der Waals surface area (Å²) >= 11 is 6.58. The molecule has 0 aliphatic heterocycles. The number of carbonyl (C=O) groups is 1. The van der Waals surface area contributed by atoms with Gasteiger partial charge in [0, 0.05) is 12.1 Å². The van der Waals surface area contributed by atoms with Crippen LogP contribution in [0, 0.1) is 0 Å². The average Bonchev–Trinajstić information content (AvgIpc) is 3.42. The maximum absolute atomic E-state index is 12.0. The van der Waals surface area contributed by atoms with Gasteiger partial charge in [-0.2, -0.15) is 0 Å². The van der Waals surface area contributed by atoms with Crippen LogP contribution in [-0.2, 0) is 6.54 Å². The van der Waals surface area contributed by atoms with Gasteiger partial charge in [-0.1, -0.05) is 38.1 Å². The summed E-state index contributed by atoms with van der Waals surface area (Å²) in [5.41, 5.74) is 4.84. The Kier molecular flexibility index (Phi) is 5.92. The normalized spacial score (nSPS) is 11.0. The Hall–Kier alpha value is -3.03. The molecule has 0 saturated carbocycles. The number of thiophene rings is 1. The third-order valence-corrected chi connectivity index (χ3v) is 5.82. The van der Waals surface area contributed by atoms with Crippen LogP contribution in [0.3, 0.4) is 0 Å². The van der Waals surface area contributed by atoms with Crippen molar-refractivity contribution in [2.24, 2.45) is 0 Å². The number of nitrogens with one attached hydrogen (secondary N) is 2. The lowest BCUT2D eigenvalue weighted by molar-refractivity contribution is 0.0980. The second kappa shape index (κ2) is 8.77. The Morgan fingerprint density at radius 3 is 2.67 bits per heavy atom. The number of hydrogen-bond donors (Lipinski definition) is 2. The summed E-state index contributed by atoms with van der Waals surface area (Å²) in [6.45, 7) is 4.83. The van der Waals surface area contributed by atoms with E-state index in [-0.39, 0.29) is 5.91 Å². The Bertz CT molecular complexity index is 1180. The molecule has 7 heteroatoms. The van der Waals surface area contributed by atoms with Crippen molar-refractivity contribution >= 4 is 45.7 Å². The zero-order valence-corrected chi connectivity index (χ0v) is 18.3. The molecule has 0 unspecified atom stereocenters. The SMILES string of the molecule is CC(C)c1ccc2oc(-c3ccc(CNC(=S)NC(=O)c4cccs4)cc3)nc2c1. The molecule has 0 radical (unpaired) electrons. The van der Waals surface area contributed by atoms with E-state index in [1.807, 2.05) is 41.8 Å². The molecule has 1 amide bonds. The van der Waals surface area contributed by atoms with E-state index < -0.39 is 0 Å². The first kappa shape index (κ1) is 20.3. The van der Waals surface area contributed by atoms with Gasteiger partial charge in [-0.15, -0.1) is 11.3 Å². The summed E-state index contributed by atoms with van der Waals surface area (Å²) in [6, 6.07) is 17.6. The Labute approximate surface area is 184 Å². The second-order valence-corrected chi connectivity index (χ2v) is 8.57. The van der Waals surface area contributed by atoms with Gasteiger partial charge in [0.05, 0.1) is 4.88 Å². The van der Waals surface area contributed by atoms with E-state index in [4.69, 9.17) is 16.6 Å². The van der Waals surface area contributed by atoms with Crippen LogP contribution in [0.4, 0.5) is 0 Å². The van der Waals surface area contributed by atoms with Gasteiger partial charge >= 0.3 is 0 Å². The summed E-state index contributed by atoms with van der Waals surface area (Å²) < 4.78 is 5.91. The highest BCUT2D eigenvalue weighted by Gasteiger charge is 2.11. The van der Waals surface area contributed by atoms with Crippen molar-refractivity contribution in [2.75, 3.05) is 0 Å². The molecule has 2 heterocycles. The summed E-state index contributed by atoms with van der Waals surface area (Å²) in [5.74, 6) is 0.848. The first-order valence-electron chi connectivity index (χ1n) is 9.62. The minimum absolute atomic E-state index is 0.200. The molecule has 2 aromatic carbocycles. The van der Waals surface area contributed by atoms with Gasteiger partial charge in [-0.3, -0.25) is 10.1 Å². The number of nitrogens with zero attached hydrogens (tertiary/aromatic N) is 1. The third kappa shape index (κ3) is 4.58. The van der Waals surface area contributed by atoms with Crippen molar-refractivity contribution in [1.29, 1.82) is 0 Å². The molecule has 30 heavy (non-hydrogen) atoms. The van der Waals surface area contributed by atoms with Crippen LogP contribution in [0.5, 0.6) is 0 Å². The van der Waals surface area contributed by atoms with Crippen LogP contribution >= 0.6 is 23.6 Å². The topological polar surface area (TPSA) is 67.2 Å². The third-order valence-electron chi connectivity index (χ3n) is 4.70. The minimum atomic E-state index is -0.200. The lowest BCUT2D eigenvalue weighted by Crippen LogP contribution is -2.38. The van der Waals surface area contributed by atoms with Gasteiger partial charge in [-0.25, -0.2) is 4.98 Å². The highest BCUT2D eigenvalue weighted by molar-refractivity contribution is 7.80. The lowest BCUT2D eigenvalue weighted by atomic mass is 10.0. The molecule has 0 fully saturated rings. The predicted molar refractivity (Wildman–Crippen MR) is 125 cm³/mol. The molecule has 0 aliphatic rings. The van der Waals surface area contributed by atoms with Crippen LogP contribution in [-0.4, -0.2) is 16.0 Å². The van der Waals surface area contributed by atoms with Crippen molar-refractivity contribution in [1.82, 2.24) is 15.6 Å². The molecule has 0 atom stereocenters. The van der Waals surface area contributed by atoms with E-state index in [2.05, 4.69) is 41.6 Å². The Morgan fingerprint density at radius 2 is 1.97 bits per heavy atom. The quantitative estimate of drug-likeness (QED) is 0.406. The fourth-order valence-electron chi connectivity index (χ4n) is 2.99. The number of amides is 1. The first-order chi connectivity index (χ1) is 14.5. The maximum Gasteiger partial charge on any atom is 0.267 e. The molecule has 2 aromatic heterocycles. The highest BCUT2D eigenvalue weighted by atomic mass is 32.1. The molecule has 0 bridgehead atoms. The van der Waals surface area contributed by atoms with Crippen molar-refractivity contribution in [3.8, 4) is 11.5 Å². The highest BCUT2D eigenvalue weighted by Crippen LogP contribution is 2.27. The van der Waals surface area contributed by atoms with E-state index in [1.165, 1.54) is 16.9 Å². The molecule has 152 valence electrons. The van der Waals surface area contributed by atoms with Crippen LogP contribution in [0.25, 0.3) is 22.6 Å². The summed E-state index contributed by atoms with van der Waals surface area (Å²) in [6.07, 6.45) is 0. The monoisotopic (exact) mass is 435 g/mol. The standard InChI is InChI=1S/C23H21N3O2S2/c1-14(2)17-9-10-19-18(12-17)25-22(28-19)16-7-5-15(6-8-16)13-24-23(29)26-21(27)20-4-3-11-30-20/h3-12,14H,13H2,1-2H3,(H2,24,26,27,29). The number of thiocarbonyl (C=S) groups is 1. The van der Waals surface area contributed by atoms with Gasteiger partial charge in [0.25, 0.3) is 5.91 Å². The van der Waals surface area contributed by atoms with Crippen molar-refractivity contribution in [3.63, 3.8) is 0 Å². The molecule has 2 N–H and O–H groups in total. The number of aromatic nitrogens is 1. The second-order valence-electron chi connectivity index (χ2n) is 7.21. The Balaban J connectivity index is 1.38. The van der Waals surface area contributed by atoms with E-state index in [0.29, 0.717) is 28.3 Å². The largest absolute Gasteiger partial charge is 0.436 e. The predicted octanol–water partition coefficient (Wildman–Crippen LogP) is 5.48. The van der Waals surface area contributed by atoms with Gasteiger partial charge in [0.2, 0.25) is 5.89 Å². The summed E-state index contributed by atoms with van der Waals surface area (Å²) in [5, 5.41) is 7.90. The number of fused-ring (bicyclic) bond motifs is 1. The van der Waals surface area contributed by atoms with Crippen molar-refractivity contribution in [3.05, 3.63) is 76.0 Å². The Morgan fingerprint density at radius 1 is 1.17 bits per heavy atom. The average molecular weight is 436 g/mol. The van der Waals surface area contributed by atoms with Gasteiger partial charge in [0.15, 0.2) is 10.7 Å². The maximum atomic E-state index is 12.0. The zero-order chi connectivity index (χ0) is 21.1. The summed E-state index contributed by atoms with van der Waals surface area (Å²) in [4.78, 5) is 17.3. The van der Waals surface area contributed by atoms with E-state index in [0.717, 1.165) is 22.2 Å². The molecular formula is C23H21N3O2S2. The summed E-state index contributed by atoms with van der Waals surface area (Å²) in [7, 11) is 0. The van der Waals surface area contributed by atoms with Gasteiger partial charge in [0.1, 0.15) is 5.52 Å². The van der Waals surface area contributed by atoms with Gasteiger partial charge < -0.3 is 9.73 Å². The molecule has 4 aromatic rings. The fourth-order valence-corrected chi connectivity index (χ4v) is 3.78. The molecule has 0 spiro atoms. The van der Waals surface area contributed by atoms with E-state index in [9.17, 15) is 4.79 Å². The van der Waals surface area contributed by atoms with E-state index >= 15 is 0 Å². The number of oxazole rings is 1. The fraction of sp³-hybridized carbons (Fsp3) is 0.174. The number of hydrogen-bond acceptors (Lipinski definition) is 5. The van der Waals surface area contributed by atoms with Gasteiger partial charge in [-0.05, 0) is 65.0 Å². The molecule has 0 aliphatic carbocycles.